The average Bonchev–Trinajstić information content (AvgIpc) is 2.59. The number of ether oxygens (including phenoxy) is 2. The molecular weight excluding hydrogens is 340 g/mol. The molecule has 2 N–H and O–H groups in total. The Bertz CT molecular complexity index is 897. The third-order valence-electron chi connectivity index (χ3n) is 3.39. The van der Waals surface area contributed by atoms with E-state index in [1.165, 1.54) is 44.4 Å². The minimum absolute atomic E-state index is 0.00394. The van der Waals surface area contributed by atoms with Crippen LogP contribution in [0.15, 0.2) is 42.5 Å². The standard InChI is InChI=1S/C19H16O7/c1-11(20)26-15-9-7-12(8-10-16(22)23)17(19(15)25-2)18(24)13-5-3-4-6-14(13)21/h3-10,21H,1-2H3,(H,22,23). The summed E-state index contributed by atoms with van der Waals surface area (Å²) in [5.74, 6) is -2.70. The topological polar surface area (TPSA) is 110 Å². The number of hydrogen-bond donors (Lipinski definition) is 2. The van der Waals surface area contributed by atoms with Crippen LogP contribution in [-0.2, 0) is 9.59 Å². The maximum Gasteiger partial charge on any atom is 0.328 e. The van der Waals surface area contributed by atoms with Gasteiger partial charge in [0.15, 0.2) is 11.5 Å². The summed E-state index contributed by atoms with van der Waals surface area (Å²) in [5.41, 5.74) is 0.189. The number of carboxylic acid groups (broad SMARTS) is 1. The molecule has 0 aromatic heterocycles. The highest BCUT2D eigenvalue weighted by atomic mass is 16.6. The molecule has 0 aliphatic carbocycles. The van der Waals surface area contributed by atoms with Gasteiger partial charge in [-0.2, -0.15) is 0 Å². The fourth-order valence-corrected chi connectivity index (χ4v) is 2.35. The van der Waals surface area contributed by atoms with Gasteiger partial charge in [0.25, 0.3) is 0 Å². The zero-order valence-electron chi connectivity index (χ0n) is 14.1. The lowest BCUT2D eigenvalue weighted by atomic mass is 9.95. The summed E-state index contributed by atoms with van der Waals surface area (Å²) in [7, 11) is 1.29. The summed E-state index contributed by atoms with van der Waals surface area (Å²) in [6, 6.07) is 8.71. The predicted octanol–water partition coefficient (Wildman–Crippen LogP) is 2.65. The normalized spacial score (nSPS) is 10.5. The lowest BCUT2D eigenvalue weighted by Crippen LogP contribution is -2.10. The SMILES string of the molecule is COc1c(OC(C)=O)ccc(C=CC(=O)O)c1C(=O)c1ccccc1O. The Morgan fingerprint density at radius 1 is 1.08 bits per heavy atom. The van der Waals surface area contributed by atoms with Gasteiger partial charge in [-0.25, -0.2) is 4.79 Å². The van der Waals surface area contributed by atoms with Crippen molar-refractivity contribution in [2.45, 2.75) is 6.92 Å². The fraction of sp³-hybridized carbons (Fsp3) is 0.105. The van der Waals surface area contributed by atoms with E-state index in [0.717, 1.165) is 6.08 Å². The number of phenols is 1. The Balaban J connectivity index is 2.72. The second-order valence-electron chi connectivity index (χ2n) is 5.17. The van der Waals surface area contributed by atoms with Crippen LogP contribution in [0.2, 0.25) is 0 Å². The molecule has 7 nitrogen and oxygen atoms in total. The number of esters is 1. The van der Waals surface area contributed by atoms with Crippen molar-refractivity contribution in [3.8, 4) is 17.2 Å². The van der Waals surface area contributed by atoms with Crippen LogP contribution in [-0.4, -0.2) is 35.0 Å². The lowest BCUT2D eigenvalue weighted by Gasteiger charge is -2.15. The second kappa shape index (κ2) is 7.98. The van der Waals surface area contributed by atoms with Crippen LogP contribution in [0.4, 0.5) is 0 Å². The molecule has 2 rings (SSSR count). The Morgan fingerprint density at radius 3 is 2.35 bits per heavy atom. The summed E-state index contributed by atoms with van der Waals surface area (Å²) in [4.78, 5) is 35.1. The molecule has 134 valence electrons. The Morgan fingerprint density at radius 2 is 1.77 bits per heavy atom. The maximum absolute atomic E-state index is 13.0. The van der Waals surface area contributed by atoms with Crippen molar-refractivity contribution in [1.29, 1.82) is 0 Å². The van der Waals surface area contributed by atoms with Crippen LogP contribution >= 0.6 is 0 Å². The first-order valence-electron chi connectivity index (χ1n) is 7.48. The number of rotatable bonds is 6. The van der Waals surface area contributed by atoms with Crippen molar-refractivity contribution in [1.82, 2.24) is 0 Å². The number of phenolic OH excluding ortho intramolecular Hbond substituents is 1. The van der Waals surface area contributed by atoms with Gasteiger partial charge < -0.3 is 19.7 Å². The van der Waals surface area contributed by atoms with E-state index in [9.17, 15) is 19.5 Å². The lowest BCUT2D eigenvalue weighted by molar-refractivity contribution is -0.132. The number of ketones is 1. The van der Waals surface area contributed by atoms with Gasteiger partial charge in [-0.1, -0.05) is 18.2 Å². The molecule has 26 heavy (non-hydrogen) atoms. The van der Waals surface area contributed by atoms with E-state index in [-0.39, 0.29) is 33.9 Å². The number of benzene rings is 2. The van der Waals surface area contributed by atoms with Crippen LogP contribution in [0.25, 0.3) is 6.08 Å². The van der Waals surface area contributed by atoms with E-state index in [2.05, 4.69) is 0 Å². The Kier molecular flexibility index (Phi) is 5.74. The van der Waals surface area contributed by atoms with Gasteiger partial charge in [-0.05, 0) is 29.8 Å². The zero-order chi connectivity index (χ0) is 19.3. The maximum atomic E-state index is 13.0. The van der Waals surface area contributed by atoms with Crippen LogP contribution in [0.1, 0.15) is 28.4 Å². The Hall–Kier alpha value is -3.61. The van der Waals surface area contributed by atoms with Crippen molar-refractivity contribution in [3.05, 3.63) is 59.2 Å². The van der Waals surface area contributed by atoms with Gasteiger partial charge in [-0.3, -0.25) is 9.59 Å². The molecular formula is C19H16O7. The summed E-state index contributed by atoms with van der Waals surface area (Å²) < 4.78 is 10.3. The molecule has 0 amide bonds. The summed E-state index contributed by atoms with van der Waals surface area (Å²) >= 11 is 0. The van der Waals surface area contributed by atoms with Gasteiger partial charge in [-0.15, -0.1) is 0 Å². The molecule has 0 atom stereocenters. The molecule has 0 bridgehead atoms. The van der Waals surface area contributed by atoms with Gasteiger partial charge in [0.05, 0.1) is 18.2 Å². The molecule has 0 aliphatic rings. The predicted molar refractivity (Wildman–Crippen MR) is 92.5 cm³/mol. The van der Waals surface area contributed by atoms with Gasteiger partial charge in [0.2, 0.25) is 5.78 Å². The van der Waals surface area contributed by atoms with Gasteiger partial charge >= 0.3 is 11.9 Å². The van der Waals surface area contributed by atoms with Crippen LogP contribution < -0.4 is 9.47 Å². The number of hydrogen-bond acceptors (Lipinski definition) is 6. The number of para-hydroxylation sites is 1. The van der Waals surface area contributed by atoms with Crippen molar-refractivity contribution in [2.75, 3.05) is 7.11 Å². The summed E-state index contributed by atoms with van der Waals surface area (Å²) in [5, 5.41) is 18.8. The van der Waals surface area contributed by atoms with E-state index in [4.69, 9.17) is 14.6 Å². The molecule has 0 saturated carbocycles. The highest BCUT2D eigenvalue weighted by Gasteiger charge is 2.24. The summed E-state index contributed by atoms with van der Waals surface area (Å²) in [6.07, 6.45) is 2.08. The zero-order valence-corrected chi connectivity index (χ0v) is 14.1. The molecule has 7 heteroatoms. The smallest absolute Gasteiger partial charge is 0.328 e. The van der Waals surface area contributed by atoms with Gasteiger partial charge in [0, 0.05) is 13.0 Å². The number of carboxylic acids is 1. The molecule has 0 radical (unpaired) electrons. The number of aliphatic carboxylic acids is 1. The van der Waals surface area contributed by atoms with Crippen molar-refractivity contribution < 1.29 is 34.1 Å². The van der Waals surface area contributed by atoms with Crippen LogP contribution in [0.3, 0.4) is 0 Å². The van der Waals surface area contributed by atoms with Crippen molar-refractivity contribution >= 4 is 23.8 Å². The number of methoxy groups -OCH3 is 1. The molecule has 2 aromatic carbocycles. The fourth-order valence-electron chi connectivity index (χ4n) is 2.35. The molecule has 2 aromatic rings. The van der Waals surface area contributed by atoms with E-state index in [1.807, 2.05) is 0 Å². The van der Waals surface area contributed by atoms with Crippen molar-refractivity contribution in [2.24, 2.45) is 0 Å². The third-order valence-corrected chi connectivity index (χ3v) is 3.39. The molecule has 0 saturated heterocycles. The number of carbonyl (C=O) groups is 3. The Labute approximate surface area is 149 Å². The van der Waals surface area contributed by atoms with Crippen LogP contribution in [0.5, 0.6) is 17.2 Å². The first-order chi connectivity index (χ1) is 12.3. The first kappa shape index (κ1) is 18.7. The van der Waals surface area contributed by atoms with E-state index >= 15 is 0 Å². The summed E-state index contributed by atoms with van der Waals surface area (Å²) in [6.45, 7) is 1.20. The quantitative estimate of drug-likeness (QED) is 0.354. The largest absolute Gasteiger partial charge is 0.507 e. The van der Waals surface area contributed by atoms with E-state index < -0.39 is 17.7 Å². The number of carbonyl (C=O) groups excluding carboxylic acids is 2. The minimum atomic E-state index is -1.20. The van der Waals surface area contributed by atoms with E-state index in [1.54, 1.807) is 12.1 Å². The molecule has 0 heterocycles. The molecule has 0 fully saturated rings. The highest BCUT2D eigenvalue weighted by Crippen LogP contribution is 2.37. The third kappa shape index (κ3) is 4.07. The second-order valence-corrected chi connectivity index (χ2v) is 5.17. The minimum Gasteiger partial charge on any atom is -0.507 e. The first-order valence-corrected chi connectivity index (χ1v) is 7.48. The molecule has 0 spiro atoms. The van der Waals surface area contributed by atoms with Crippen molar-refractivity contribution in [3.63, 3.8) is 0 Å². The monoisotopic (exact) mass is 356 g/mol. The van der Waals surface area contributed by atoms with Gasteiger partial charge in [0.1, 0.15) is 5.75 Å². The van der Waals surface area contributed by atoms with Crippen LogP contribution in [0, 0.1) is 0 Å². The highest BCUT2D eigenvalue weighted by molar-refractivity contribution is 6.15. The van der Waals surface area contributed by atoms with E-state index in [0.29, 0.717) is 0 Å². The average molecular weight is 356 g/mol. The molecule has 0 aliphatic heterocycles. The molecule has 0 unspecified atom stereocenters. The number of aromatic hydroxyl groups is 1.